The molecule has 39 heavy (non-hydrogen) atoms. The monoisotopic (exact) mass is 524 g/mol. The molecule has 0 saturated carbocycles. The van der Waals surface area contributed by atoms with Gasteiger partial charge in [0.25, 0.3) is 5.91 Å². The van der Waals surface area contributed by atoms with E-state index < -0.39 is 0 Å². The summed E-state index contributed by atoms with van der Waals surface area (Å²) in [7, 11) is 3.22. The van der Waals surface area contributed by atoms with Crippen LogP contribution in [0.4, 0.5) is 5.69 Å². The molecular formula is C32H32N2O5. The minimum Gasteiger partial charge on any atom is -0.497 e. The molecule has 200 valence electrons. The first kappa shape index (κ1) is 27.3. The highest BCUT2D eigenvalue weighted by molar-refractivity contribution is 5.94. The van der Waals surface area contributed by atoms with Crippen LogP contribution < -0.4 is 19.5 Å². The van der Waals surface area contributed by atoms with Crippen molar-refractivity contribution in [1.82, 2.24) is 4.90 Å². The zero-order chi connectivity index (χ0) is 27.6. The molecule has 0 radical (unpaired) electrons. The Labute approximate surface area is 228 Å². The van der Waals surface area contributed by atoms with E-state index in [0.717, 1.165) is 16.7 Å². The van der Waals surface area contributed by atoms with Gasteiger partial charge in [-0.25, -0.2) is 0 Å². The predicted molar refractivity (Wildman–Crippen MR) is 151 cm³/mol. The number of carbonyl (C=O) groups excluding carboxylic acids is 2. The van der Waals surface area contributed by atoms with Crippen LogP contribution in [0.3, 0.4) is 0 Å². The molecule has 0 unspecified atom stereocenters. The lowest BCUT2D eigenvalue weighted by atomic mass is 10.1. The third-order valence-electron chi connectivity index (χ3n) is 6.13. The van der Waals surface area contributed by atoms with E-state index >= 15 is 0 Å². The Morgan fingerprint density at radius 3 is 2.05 bits per heavy atom. The van der Waals surface area contributed by atoms with E-state index in [2.05, 4.69) is 5.32 Å². The number of ether oxygens (including phenoxy) is 3. The minimum atomic E-state index is -0.128. The van der Waals surface area contributed by atoms with Crippen LogP contribution in [-0.2, 0) is 24.5 Å². The summed E-state index contributed by atoms with van der Waals surface area (Å²) in [5.41, 5.74) is 4.14. The summed E-state index contributed by atoms with van der Waals surface area (Å²) in [4.78, 5) is 26.7. The van der Waals surface area contributed by atoms with E-state index in [0.29, 0.717) is 41.6 Å². The van der Waals surface area contributed by atoms with Crippen LogP contribution in [-0.4, -0.2) is 30.9 Å². The number of carbonyl (C=O) groups is 2. The second-order valence-corrected chi connectivity index (χ2v) is 9.02. The van der Waals surface area contributed by atoms with Crippen LogP contribution in [0, 0.1) is 0 Å². The van der Waals surface area contributed by atoms with Gasteiger partial charge in [0.15, 0.2) is 0 Å². The molecule has 0 saturated heterocycles. The summed E-state index contributed by atoms with van der Waals surface area (Å²) in [6.45, 7) is 2.61. The van der Waals surface area contributed by atoms with Crippen molar-refractivity contribution in [2.75, 3.05) is 19.5 Å². The first-order valence-electron chi connectivity index (χ1n) is 12.6. The van der Waals surface area contributed by atoms with Crippen LogP contribution in [0.2, 0.25) is 0 Å². The summed E-state index contributed by atoms with van der Waals surface area (Å²) >= 11 is 0. The standard InChI is InChI=1S/C32H32N2O5/c1-23(35)33-28-12-16-30(17-13-28)39-22-27-19-25(9-18-31(27)38-3)21-34(20-24-7-5-4-6-8-24)32(36)26-10-14-29(37-2)15-11-26/h4-19H,20-22H2,1-3H3,(H,33,35). The molecule has 0 aliphatic rings. The summed E-state index contributed by atoms with van der Waals surface area (Å²) < 4.78 is 16.8. The Hall–Kier alpha value is -4.78. The van der Waals surface area contributed by atoms with Crippen molar-refractivity contribution in [1.29, 1.82) is 0 Å². The Kier molecular flexibility index (Phi) is 9.19. The molecule has 1 N–H and O–H groups in total. The second-order valence-electron chi connectivity index (χ2n) is 9.02. The highest BCUT2D eigenvalue weighted by atomic mass is 16.5. The number of amides is 2. The van der Waals surface area contributed by atoms with Crippen LogP contribution in [0.15, 0.2) is 97.1 Å². The van der Waals surface area contributed by atoms with Gasteiger partial charge < -0.3 is 24.4 Å². The number of nitrogens with one attached hydrogen (secondary N) is 1. The van der Waals surface area contributed by atoms with Gasteiger partial charge in [0, 0.05) is 36.8 Å². The molecule has 4 aromatic rings. The third kappa shape index (κ3) is 7.61. The van der Waals surface area contributed by atoms with Crippen molar-refractivity contribution in [3.8, 4) is 17.2 Å². The van der Waals surface area contributed by atoms with Gasteiger partial charge in [-0.1, -0.05) is 36.4 Å². The van der Waals surface area contributed by atoms with Gasteiger partial charge >= 0.3 is 0 Å². The van der Waals surface area contributed by atoms with Crippen molar-refractivity contribution >= 4 is 17.5 Å². The maximum atomic E-state index is 13.6. The topological polar surface area (TPSA) is 77.1 Å². The van der Waals surface area contributed by atoms with E-state index in [1.807, 2.05) is 53.4 Å². The molecule has 4 rings (SSSR count). The van der Waals surface area contributed by atoms with Crippen molar-refractivity contribution in [3.05, 3.63) is 119 Å². The third-order valence-corrected chi connectivity index (χ3v) is 6.13. The molecule has 7 heteroatoms. The lowest BCUT2D eigenvalue weighted by molar-refractivity contribution is -0.114. The summed E-state index contributed by atoms with van der Waals surface area (Å²) in [5.74, 6) is 1.86. The predicted octanol–water partition coefficient (Wildman–Crippen LogP) is 6.08. The zero-order valence-corrected chi connectivity index (χ0v) is 22.3. The number of methoxy groups -OCH3 is 2. The molecule has 0 atom stereocenters. The number of nitrogens with zero attached hydrogens (tertiary/aromatic N) is 1. The van der Waals surface area contributed by atoms with Crippen molar-refractivity contribution in [3.63, 3.8) is 0 Å². The number of benzene rings is 4. The molecular weight excluding hydrogens is 492 g/mol. The minimum absolute atomic E-state index is 0.0746. The molecule has 0 aromatic heterocycles. The van der Waals surface area contributed by atoms with Crippen LogP contribution in [0.25, 0.3) is 0 Å². The molecule has 4 aromatic carbocycles. The van der Waals surface area contributed by atoms with E-state index in [-0.39, 0.29) is 18.4 Å². The maximum absolute atomic E-state index is 13.6. The van der Waals surface area contributed by atoms with Crippen LogP contribution in [0.1, 0.15) is 34.0 Å². The lowest BCUT2D eigenvalue weighted by Crippen LogP contribution is -2.30. The van der Waals surface area contributed by atoms with E-state index in [9.17, 15) is 9.59 Å². The lowest BCUT2D eigenvalue weighted by Gasteiger charge is -2.24. The second kappa shape index (κ2) is 13.1. The SMILES string of the molecule is COc1ccc(C(=O)N(Cc2ccccc2)Cc2ccc(OC)c(COc3ccc(NC(C)=O)cc3)c2)cc1. The van der Waals surface area contributed by atoms with Crippen LogP contribution >= 0.6 is 0 Å². The van der Waals surface area contributed by atoms with Gasteiger partial charge in [-0.15, -0.1) is 0 Å². The van der Waals surface area contributed by atoms with Gasteiger partial charge in [0.2, 0.25) is 5.91 Å². The number of hydrogen-bond donors (Lipinski definition) is 1. The van der Waals surface area contributed by atoms with Gasteiger partial charge in [0.1, 0.15) is 23.9 Å². The Balaban J connectivity index is 1.53. The average molecular weight is 525 g/mol. The largest absolute Gasteiger partial charge is 0.497 e. The number of rotatable bonds is 11. The normalized spacial score (nSPS) is 10.4. The van der Waals surface area contributed by atoms with Gasteiger partial charge in [-0.05, 0) is 71.8 Å². The Morgan fingerprint density at radius 1 is 0.744 bits per heavy atom. The fourth-order valence-corrected chi connectivity index (χ4v) is 4.18. The molecule has 2 amide bonds. The summed E-state index contributed by atoms with van der Waals surface area (Å²) in [6.07, 6.45) is 0. The quantitative estimate of drug-likeness (QED) is 0.257. The highest BCUT2D eigenvalue weighted by Crippen LogP contribution is 2.25. The molecule has 7 nitrogen and oxygen atoms in total. The molecule has 0 aliphatic heterocycles. The van der Waals surface area contributed by atoms with Gasteiger partial charge in [0.05, 0.1) is 14.2 Å². The molecule has 0 spiro atoms. The smallest absolute Gasteiger partial charge is 0.254 e. The Morgan fingerprint density at radius 2 is 1.41 bits per heavy atom. The van der Waals surface area contributed by atoms with E-state index in [4.69, 9.17) is 14.2 Å². The first-order valence-corrected chi connectivity index (χ1v) is 12.6. The molecule has 0 aliphatic carbocycles. The Bertz CT molecular complexity index is 1390. The maximum Gasteiger partial charge on any atom is 0.254 e. The number of anilines is 1. The zero-order valence-electron chi connectivity index (χ0n) is 22.3. The van der Waals surface area contributed by atoms with Crippen molar-refractivity contribution in [2.24, 2.45) is 0 Å². The van der Waals surface area contributed by atoms with E-state index in [1.54, 1.807) is 62.8 Å². The van der Waals surface area contributed by atoms with Gasteiger partial charge in [-0.3, -0.25) is 9.59 Å². The fraction of sp³-hybridized carbons (Fsp3) is 0.188. The average Bonchev–Trinajstić information content (AvgIpc) is 2.96. The van der Waals surface area contributed by atoms with Crippen molar-refractivity contribution in [2.45, 2.75) is 26.6 Å². The molecule has 0 bridgehead atoms. The molecule has 0 heterocycles. The highest BCUT2D eigenvalue weighted by Gasteiger charge is 2.18. The van der Waals surface area contributed by atoms with E-state index in [1.165, 1.54) is 6.92 Å². The van der Waals surface area contributed by atoms with Crippen molar-refractivity contribution < 1.29 is 23.8 Å². The molecule has 0 fully saturated rings. The first-order chi connectivity index (χ1) is 18.9. The summed E-state index contributed by atoms with van der Waals surface area (Å²) in [5, 5.41) is 2.74. The number of hydrogen-bond acceptors (Lipinski definition) is 5. The van der Waals surface area contributed by atoms with Crippen LogP contribution in [0.5, 0.6) is 17.2 Å². The summed E-state index contributed by atoms with van der Waals surface area (Å²) in [6, 6.07) is 30.1. The van der Waals surface area contributed by atoms with Gasteiger partial charge in [-0.2, -0.15) is 0 Å². The fourth-order valence-electron chi connectivity index (χ4n) is 4.18.